The smallest absolute Gasteiger partial charge is 0.255 e. The van der Waals surface area contributed by atoms with Gasteiger partial charge in [-0.3, -0.25) is 4.79 Å². The number of nitrogens with one attached hydrogen (secondary N) is 2. The van der Waals surface area contributed by atoms with Gasteiger partial charge in [0.1, 0.15) is 6.04 Å². The van der Waals surface area contributed by atoms with Crippen LogP contribution in [-0.4, -0.2) is 34.4 Å². The van der Waals surface area contributed by atoms with E-state index in [2.05, 4.69) is 40.4 Å². The Morgan fingerprint density at radius 2 is 1.93 bits per heavy atom. The number of anilines is 2. The van der Waals surface area contributed by atoms with Crippen molar-refractivity contribution in [2.45, 2.75) is 58.0 Å². The summed E-state index contributed by atoms with van der Waals surface area (Å²) in [6, 6.07) is 16.9. The van der Waals surface area contributed by atoms with Gasteiger partial charge in [0.15, 0.2) is 11.5 Å². The number of hydrogen-bond donors (Lipinski definition) is 2. The number of carbonyl (C=O) groups excluding carboxylic acids is 1. The predicted molar refractivity (Wildman–Crippen MR) is 186 cm³/mol. The minimum Gasteiger partial charge on any atom is -0.493 e. The second-order valence-electron chi connectivity index (χ2n) is 11.4. The van der Waals surface area contributed by atoms with Crippen molar-refractivity contribution in [3.05, 3.63) is 97.6 Å². The number of ether oxygens (including phenoxy) is 2. The van der Waals surface area contributed by atoms with Crippen LogP contribution in [-0.2, 0) is 10.5 Å². The molecule has 0 fully saturated rings. The number of amides is 1. The summed E-state index contributed by atoms with van der Waals surface area (Å²) in [6.45, 7) is 10.8. The van der Waals surface area contributed by atoms with E-state index in [0.717, 1.165) is 38.8 Å². The van der Waals surface area contributed by atoms with Crippen LogP contribution < -0.4 is 20.1 Å². The predicted octanol–water partition coefficient (Wildman–Crippen LogP) is 8.96. The van der Waals surface area contributed by atoms with Crippen molar-refractivity contribution in [2.75, 3.05) is 24.4 Å². The van der Waals surface area contributed by atoms with Gasteiger partial charge in [-0.1, -0.05) is 67.5 Å². The molecule has 4 aromatic rings. The standard InChI is InChI=1S/C34H37BrClN5O3S/c1-19(2)14-15-44-31-25(35)16-24(17-28(31)43-6)30-29(32(42)38-27-13-9-10-20(3)21(27)4)22(5)37-33-39-34(40-41(30)33)45-18-23-11-7-8-12-26(23)36/h7-13,16-17,19,30H,14-15,18H2,1-6H3,(H,38,42)(H,37,39,40). The molecule has 0 saturated heterocycles. The molecule has 11 heteroatoms. The number of aryl methyl sites for hydroxylation is 1. The Balaban J connectivity index is 1.55. The molecule has 1 amide bonds. The van der Waals surface area contributed by atoms with Gasteiger partial charge in [0.25, 0.3) is 5.91 Å². The van der Waals surface area contributed by atoms with E-state index in [4.69, 9.17) is 31.2 Å². The third kappa shape index (κ3) is 7.34. The van der Waals surface area contributed by atoms with Gasteiger partial charge in [-0.25, -0.2) is 4.68 Å². The summed E-state index contributed by atoms with van der Waals surface area (Å²) in [5, 5.41) is 12.6. The van der Waals surface area contributed by atoms with E-state index in [1.54, 1.807) is 11.8 Å². The number of rotatable bonds is 11. The molecule has 2 heterocycles. The monoisotopic (exact) mass is 709 g/mol. The number of fused-ring (bicyclic) bond motifs is 1. The molecule has 0 aliphatic carbocycles. The van der Waals surface area contributed by atoms with Crippen LogP contribution in [0.1, 0.15) is 55.5 Å². The summed E-state index contributed by atoms with van der Waals surface area (Å²) in [5.41, 5.74) is 5.83. The van der Waals surface area contributed by atoms with Crippen LogP contribution in [0.15, 0.2) is 75.5 Å². The third-order valence-corrected chi connectivity index (χ3v) is 9.60. The van der Waals surface area contributed by atoms with Crippen LogP contribution in [0.3, 0.4) is 0 Å². The molecule has 1 aromatic heterocycles. The first kappa shape index (κ1) is 32.9. The number of aromatic nitrogens is 3. The number of nitrogens with zero attached hydrogens (tertiary/aromatic N) is 3. The third-order valence-electron chi connectivity index (χ3n) is 7.75. The lowest BCUT2D eigenvalue weighted by Gasteiger charge is -2.29. The second kappa shape index (κ2) is 14.3. The lowest BCUT2D eigenvalue weighted by Crippen LogP contribution is -2.31. The summed E-state index contributed by atoms with van der Waals surface area (Å²) in [4.78, 5) is 18.9. The molecule has 236 valence electrons. The first-order valence-electron chi connectivity index (χ1n) is 14.8. The van der Waals surface area contributed by atoms with E-state index in [0.29, 0.717) is 57.2 Å². The van der Waals surface area contributed by atoms with Crippen LogP contribution in [0.4, 0.5) is 11.6 Å². The molecule has 1 aliphatic heterocycles. The molecule has 1 atom stereocenters. The largest absolute Gasteiger partial charge is 0.493 e. The van der Waals surface area contributed by atoms with Crippen molar-refractivity contribution in [3.63, 3.8) is 0 Å². The molecule has 5 rings (SSSR count). The van der Waals surface area contributed by atoms with Gasteiger partial charge in [-0.15, -0.1) is 5.10 Å². The van der Waals surface area contributed by atoms with Crippen molar-refractivity contribution < 1.29 is 14.3 Å². The van der Waals surface area contributed by atoms with E-state index < -0.39 is 6.04 Å². The molecule has 45 heavy (non-hydrogen) atoms. The van der Waals surface area contributed by atoms with Gasteiger partial charge < -0.3 is 20.1 Å². The molecular formula is C34H37BrClN5O3S. The topological polar surface area (TPSA) is 90.3 Å². The minimum absolute atomic E-state index is 0.238. The minimum atomic E-state index is -0.608. The Labute approximate surface area is 282 Å². The second-order valence-corrected chi connectivity index (χ2v) is 13.6. The zero-order chi connectivity index (χ0) is 32.2. The maximum atomic E-state index is 14.1. The Hall–Kier alpha value is -3.47. The fraction of sp³-hybridized carbons (Fsp3) is 0.324. The summed E-state index contributed by atoms with van der Waals surface area (Å²) in [5.74, 6) is 2.58. The van der Waals surface area contributed by atoms with Crippen LogP contribution in [0.5, 0.6) is 11.5 Å². The quantitative estimate of drug-likeness (QED) is 0.150. The normalized spacial score (nSPS) is 14.3. The highest BCUT2D eigenvalue weighted by molar-refractivity contribution is 9.10. The van der Waals surface area contributed by atoms with E-state index in [9.17, 15) is 4.79 Å². The molecule has 0 saturated carbocycles. The van der Waals surface area contributed by atoms with E-state index in [1.165, 1.54) is 11.8 Å². The fourth-order valence-corrected chi connectivity index (χ4v) is 6.75. The number of allylic oxidation sites excluding steroid dienone is 1. The van der Waals surface area contributed by atoms with Gasteiger partial charge >= 0.3 is 0 Å². The molecule has 1 aliphatic rings. The molecule has 0 spiro atoms. The zero-order valence-corrected chi connectivity index (χ0v) is 29.4. The number of hydrogen-bond acceptors (Lipinski definition) is 7. The molecule has 3 aromatic carbocycles. The molecular weight excluding hydrogens is 674 g/mol. The lowest BCUT2D eigenvalue weighted by atomic mass is 9.94. The van der Waals surface area contributed by atoms with Crippen LogP contribution in [0.2, 0.25) is 5.02 Å². The fourth-order valence-electron chi connectivity index (χ4n) is 5.06. The maximum Gasteiger partial charge on any atom is 0.255 e. The molecule has 0 radical (unpaired) electrons. The van der Waals surface area contributed by atoms with Crippen LogP contribution >= 0.6 is 39.3 Å². The molecule has 0 bridgehead atoms. The highest BCUT2D eigenvalue weighted by Crippen LogP contribution is 2.43. The Bertz CT molecular complexity index is 1760. The van der Waals surface area contributed by atoms with Crippen LogP contribution in [0, 0.1) is 19.8 Å². The SMILES string of the molecule is COc1cc(C2C(C(=O)Nc3cccc(C)c3C)=C(C)Nc3nc(SCc4ccccc4Cl)nn32)cc(Br)c1OCCC(C)C. The highest BCUT2D eigenvalue weighted by Gasteiger charge is 2.35. The number of benzene rings is 3. The van der Waals surface area contributed by atoms with E-state index in [1.807, 2.05) is 75.4 Å². The van der Waals surface area contributed by atoms with Crippen LogP contribution in [0.25, 0.3) is 0 Å². The molecule has 1 unspecified atom stereocenters. The van der Waals surface area contributed by atoms with E-state index in [-0.39, 0.29) is 5.91 Å². The summed E-state index contributed by atoms with van der Waals surface area (Å²) < 4.78 is 14.4. The maximum absolute atomic E-state index is 14.1. The van der Waals surface area contributed by atoms with Gasteiger partial charge in [0, 0.05) is 22.2 Å². The summed E-state index contributed by atoms with van der Waals surface area (Å²) >= 11 is 11.6. The average molecular weight is 711 g/mol. The van der Waals surface area contributed by atoms with Gasteiger partial charge in [0.05, 0.1) is 23.8 Å². The Morgan fingerprint density at radius 3 is 2.67 bits per heavy atom. The lowest BCUT2D eigenvalue weighted by molar-refractivity contribution is -0.113. The van der Waals surface area contributed by atoms with Gasteiger partial charge in [-0.2, -0.15) is 4.98 Å². The summed E-state index contributed by atoms with van der Waals surface area (Å²) in [7, 11) is 1.61. The number of thioether (sulfide) groups is 1. The number of carbonyl (C=O) groups is 1. The van der Waals surface area contributed by atoms with Crippen molar-refractivity contribution in [1.29, 1.82) is 0 Å². The number of methoxy groups -OCH3 is 1. The van der Waals surface area contributed by atoms with E-state index >= 15 is 0 Å². The average Bonchev–Trinajstić information content (AvgIpc) is 3.41. The summed E-state index contributed by atoms with van der Waals surface area (Å²) in [6.07, 6.45) is 0.910. The first-order chi connectivity index (χ1) is 21.6. The van der Waals surface area contributed by atoms with Crippen molar-refractivity contribution >= 4 is 56.8 Å². The molecule has 8 nitrogen and oxygen atoms in total. The number of halogens is 2. The Kier molecular flexibility index (Phi) is 10.5. The Morgan fingerprint density at radius 1 is 1.16 bits per heavy atom. The molecule has 2 N–H and O–H groups in total. The van der Waals surface area contributed by atoms with Gasteiger partial charge in [0.2, 0.25) is 11.1 Å². The van der Waals surface area contributed by atoms with Crippen molar-refractivity contribution in [1.82, 2.24) is 14.8 Å². The zero-order valence-electron chi connectivity index (χ0n) is 26.2. The highest BCUT2D eigenvalue weighted by atomic mass is 79.9. The first-order valence-corrected chi connectivity index (χ1v) is 16.9. The van der Waals surface area contributed by atoms with Crippen molar-refractivity contribution in [2.24, 2.45) is 5.92 Å². The van der Waals surface area contributed by atoms with Gasteiger partial charge in [-0.05, 0) is 95.6 Å². The van der Waals surface area contributed by atoms with Crippen molar-refractivity contribution in [3.8, 4) is 11.5 Å².